The average molecular weight is 236 g/mol. The second-order valence-corrected chi connectivity index (χ2v) is 4.60. The van der Waals surface area contributed by atoms with Gasteiger partial charge in [0, 0.05) is 0 Å². The lowest BCUT2D eigenvalue weighted by atomic mass is 10.1. The van der Waals surface area contributed by atoms with Gasteiger partial charge in [-0.1, -0.05) is 12.8 Å². The summed E-state index contributed by atoms with van der Waals surface area (Å²) in [6, 6.07) is 3.60. The van der Waals surface area contributed by atoms with Crippen LogP contribution in [0.2, 0.25) is 0 Å². The first-order valence-corrected chi connectivity index (χ1v) is 6.34. The molecule has 4 nitrogen and oxygen atoms in total. The molecule has 2 atom stereocenters. The van der Waals surface area contributed by atoms with Gasteiger partial charge in [-0.2, -0.15) is 0 Å². The molecule has 0 aromatic carbocycles. The van der Waals surface area contributed by atoms with Gasteiger partial charge in [-0.25, -0.2) is 0 Å². The molecule has 17 heavy (non-hydrogen) atoms. The largest absolute Gasteiger partial charge is 0.467 e. The Balaban J connectivity index is 1.87. The molecule has 2 rings (SSSR count). The van der Waals surface area contributed by atoms with Crippen LogP contribution in [0.15, 0.2) is 22.8 Å². The van der Waals surface area contributed by atoms with Gasteiger partial charge in [0.05, 0.1) is 18.3 Å². The quantitative estimate of drug-likeness (QED) is 0.844. The number of hydrogen-bond donors (Lipinski definition) is 2. The molecule has 1 aliphatic rings. The van der Waals surface area contributed by atoms with E-state index in [1.807, 2.05) is 19.1 Å². The highest BCUT2D eigenvalue weighted by Gasteiger charge is 2.21. The van der Waals surface area contributed by atoms with Crippen LogP contribution in [0, 0.1) is 0 Å². The van der Waals surface area contributed by atoms with Crippen molar-refractivity contribution in [2.24, 2.45) is 0 Å². The van der Waals surface area contributed by atoms with Gasteiger partial charge in [-0.05, 0) is 38.4 Å². The van der Waals surface area contributed by atoms with Crippen LogP contribution < -0.4 is 10.6 Å². The van der Waals surface area contributed by atoms with E-state index < -0.39 is 0 Å². The molecule has 1 aromatic heterocycles. The fourth-order valence-corrected chi connectivity index (χ4v) is 2.18. The van der Waals surface area contributed by atoms with E-state index in [1.54, 1.807) is 6.26 Å². The van der Waals surface area contributed by atoms with E-state index in [2.05, 4.69) is 10.6 Å². The predicted molar refractivity (Wildman–Crippen MR) is 65.5 cm³/mol. The zero-order chi connectivity index (χ0) is 12.1. The summed E-state index contributed by atoms with van der Waals surface area (Å²) in [5.74, 6) is 0.878. The highest BCUT2D eigenvalue weighted by Crippen LogP contribution is 2.14. The zero-order valence-electron chi connectivity index (χ0n) is 10.2. The lowest BCUT2D eigenvalue weighted by molar-refractivity contribution is -0.124. The second-order valence-electron chi connectivity index (χ2n) is 4.60. The molecular weight excluding hydrogens is 216 g/mol. The first-order chi connectivity index (χ1) is 8.27. The Kier molecular flexibility index (Phi) is 4.20. The molecule has 0 radical (unpaired) electrons. The molecule has 0 saturated carbocycles. The molecule has 0 spiro atoms. The van der Waals surface area contributed by atoms with E-state index in [0.717, 1.165) is 31.6 Å². The van der Waals surface area contributed by atoms with E-state index >= 15 is 0 Å². The summed E-state index contributed by atoms with van der Waals surface area (Å²) in [4.78, 5) is 12.0. The van der Waals surface area contributed by atoms with Crippen molar-refractivity contribution >= 4 is 5.91 Å². The number of hydrogen-bond acceptors (Lipinski definition) is 3. The Morgan fingerprint density at radius 2 is 2.41 bits per heavy atom. The van der Waals surface area contributed by atoms with Gasteiger partial charge in [0.2, 0.25) is 5.91 Å². The molecule has 1 amide bonds. The average Bonchev–Trinajstić information content (AvgIpc) is 2.71. The summed E-state index contributed by atoms with van der Waals surface area (Å²) in [5, 5.41) is 6.27. The number of nitrogens with one attached hydrogen (secondary N) is 2. The summed E-state index contributed by atoms with van der Waals surface area (Å²) in [7, 11) is 0. The number of amides is 1. The third-order valence-electron chi connectivity index (χ3n) is 3.21. The number of carbonyl (C=O) groups is 1. The van der Waals surface area contributed by atoms with Crippen molar-refractivity contribution in [2.75, 3.05) is 6.54 Å². The Bertz CT molecular complexity index is 340. The van der Waals surface area contributed by atoms with Crippen molar-refractivity contribution in [1.82, 2.24) is 10.6 Å². The Hall–Kier alpha value is -1.29. The fraction of sp³-hybridized carbons (Fsp3) is 0.615. The van der Waals surface area contributed by atoms with Gasteiger partial charge >= 0.3 is 0 Å². The molecule has 0 aliphatic carbocycles. The normalized spacial score (nSPS) is 22.8. The van der Waals surface area contributed by atoms with Crippen LogP contribution in [-0.2, 0) is 4.79 Å². The topological polar surface area (TPSA) is 54.3 Å². The first-order valence-electron chi connectivity index (χ1n) is 6.34. The summed E-state index contributed by atoms with van der Waals surface area (Å²) >= 11 is 0. The summed E-state index contributed by atoms with van der Waals surface area (Å²) < 4.78 is 5.27. The van der Waals surface area contributed by atoms with E-state index in [9.17, 15) is 4.79 Å². The van der Waals surface area contributed by atoms with Gasteiger partial charge in [0.15, 0.2) is 0 Å². The van der Waals surface area contributed by atoms with Crippen LogP contribution in [0.1, 0.15) is 44.4 Å². The Morgan fingerprint density at radius 1 is 1.53 bits per heavy atom. The van der Waals surface area contributed by atoms with Gasteiger partial charge < -0.3 is 15.1 Å². The number of carbonyl (C=O) groups excluding carboxylic acids is 1. The molecule has 2 N–H and O–H groups in total. The molecule has 1 unspecified atom stereocenters. The van der Waals surface area contributed by atoms with Crippen molar-refractivity contribution in [2.45, 2.75) is 44.7 Å². The summed E-state index contributed by atoms with van der Waals surface area (Å²) in [6.45, 7) is 2.88. The van der Waals surface area contributed by atoms with Gasteiger partial charge in [-0.15, -0.1) is 0 Å². The van der Waals surface area contributed by atoms with E-state index in [-0.39, 0.29) is 18.0 Å². The molecule has 1 aliphatic heterocycles. The zero-order valence-corrected chi connectivity index (χ0v) is 10.2. The molecule has 4 heteroatoms. The van der Waals surface area contributed by atoms with Crippen molar-refractivity contribution in [1.29, 1.82) is 0 Å². The third kappa shape index (κ3) is 3.33. The van der Waals surface area contributed by atoms with Crippen molar-refractivity contribution in [3.8, 4) is 0 Å². The van der Waals surface area contributed by atoms with Gasteiger partial charge in [0.1, 0.15) is 5.76 Å². The van der Waals surface area contributed by atoms with Crippen LogP contribution in [0.4, 0.5) is 0 Å². The van der Waals surface area contributed by atoms with Crippen LogP contribution in [0.25, 0.3) is 0 Å². The maximum atomic E-state index is 12.0. The van der Waals surface area contributed by atoms with Crippen molar-refractivity contribution in [3.63, 3.8) is 0 Å². The van der Waals surface area contributed by atoms with E-state index in [0.29, 0.717) is 0 Å². The van der Waals surface area contributed by atoms with Crippen molar-refractivity contribution in [3.05, 3.63) is 24.2 Å². The predicted octanol–water partition coefficient (Wildman–Crippen LogP) is 1.99. The standard InChI is InChI=1S/C13H20N2O2/c1-10(12-7-5-9-17-12)15-13(16)11-6-3-2-4-8-14-11/h5,7,9-11,14H,2-4,6,8H2,1H3,(H,15,16)/t10-,11?/m0/s1. The molecule has 2 heterocycles. The van der Waals surface area contributed by atoms with E-state index in [4.69, 9.17) is 4.42 Å². The molecule has 0 bridgehead atoms. The maximum Gasteiger partial charge on any atom is 0.237 e. The van der Waals surface area contributed by atoms with Crippen LogP contribution in [0.5, 0.6) is 0 Å². The lowest BCUT2D eigenvalue weighted by Gasteiger charge is -2.18. The SMILES string of the molecule is C[C@H](NC(=O)C1CCCCCN1)c1ccco1. The van der Waals surface area contributed by atoms with Crippen LogP contribution >= 0.6 is 0 Å². The minimum atomic E-state index is -0.0671. The first kappa shape index (κ1) is 12.2. The molecule has 1 fully saturated rings. The highest BCUT2D eigenvalue weighted by atomic mass is 16.3. The lowest BCUT2D eigenvalue weighted by Crippen LogP contribution is -2.44. The van der Waals surface area contributed by atoms with Gasteiger partial charge in [0.25, 0.3) is 0 Å². The number of furan rings is 1. The monoisotopic (exact) mass is 236 g/mol. The molecule has 1 saturated heterocycles. The minimum absolute atomic E-state index is 0.0464. The van der Waals surface area contributed by atoms with Crippen LogP contribution in [-0.4, -0.2) is 18.5 Å². The van der Waals surface area contributed by atoms with Gasteiger partial charge in [-0.3, -0.25) is 4.79 Å². The van der Waals surface area contributed by atoms with E-state index in [1.165, 1.54) is 6.42 Å². The van der Waals surface area contributed by atoms with Crippen LogP contribution in [0.3, 0.4) is 0 Å². The second kappa shape index (κ2) is 5.87. The molecular formula is C13H20N2O2. The molecule has 94 valence electrons. The highest BCUT2D eigenvalue weighted by molar-refractivity contribution is 5.82. The van der Waals surface area contributed by atoms with Crippen molar-refractivity contribution < 1.29 is 9.21 Å². The Morgan fingerprint density at radius 3 is 3.18 bits per heavy atom. The summed E-state index contributed by atoms with van der Waals surface area (Å²) in [5.41, 5.74) is 0. The maximum absolute atomic E-state index is 12.0. The smallest absolute Gasteiger partial charge is 0.237 e. The molecule has 1 aromatic rings. The summed E-state index contributed by atoms with van der Waals surface area (Å²) in [6.07, 6.45) is 6.06. The fourth-order valence-electron chi connectivity index (χ4n) is 2.18. The number of rotatable bonds is 3. The minimum Gasteiger partial charge on any atom is -0.467 e. The Labute approximate surface area is 102 Å². The third-order valence-corrected chi connectivity index (χ3v) is 3.21.